The fourth-order valence-electron chi connectivity index (χ4n) is 3.64. The van der Waals surface area contributed by atoms with Gasteiger partial charge in [0.1, 0.15) is 11.5 Å². The second-order valence-electron chi connectivity index (χ2n) is 8.06. The zero-order chi connectivity index (χ0) is 24.3. The molecule has 1 unspecified atom stereocenters. The number of aromatic nitrogens is 1. The van der Waals surface area contributed by atoms with E-state index >= 15 is 0 Å². The molecule has 2 heterocycles. The molecule has 1 N–H and O–H groups in total. The summed E-state index contributed by atoms with van der Waals surface area (Å²) < 4.78 is 17.4. The summed E-state index contributed by atoms with van der Waals surface area (Å²) in [6, 6.07) is 8.67. The van der Waals surface area contributed by atoms with Crippen LogP contribution in [-0.2, 0) is 15.1 Å². The van der Waals surface area contributed by atoms with Crippen molar-refractivity contribution in [2.45, 2.75) is 45.3 Å². The van der Waals surface area contributed by atoms with E-state index in [4.69, 9.17) is 25.8 Å². The Bertz CT molecular complexity index is 1270. The first kappa shape index (κ1) is 23.4. The molecule has 8 heteroatoms. The molecule has 2 amide bonds. The molecule has 4 rings (SSSR count). The summed E-state index contributed by atoms with van der Waals surface area (Å²) >= 11 is 5.99. The fraction of sp³-hybridized carbons (Fsp3) is 0.269. The zero-order valence-corrected chi connectivity index (χ0v) is 19.7. The van der Waals surface area contributed by atoms with E-state index in [1.165, 1.54) is 6.20 Å². The molecule has 7 nitrogen and oxygen atoms in total. The van der Waals surface area contributed by atoms with E-state index in [1.807, 2.05) is 13.0 Å². The number of ether oxygens (including phenoxy) is 3. The van der Waals surface area contributed by atoms with Crippen molar-refractivity contribution in [2.75, 3.05) is 0 Å². The number of rotatable bonds is 7. The Morgan fingerprint density at radius 3 is 2.82 bits per heavy atom. The van der Waals surface area contributed by atoms with Gasteiger partial charge in [0, 0.05) is 23.4 Å². The fourth-order valence-corrected chi connectivity index (χ4v) is 3.85. The minimum atomic E-state index is -1.42. The van der Waals surface area contributed by atoms with Gasteiger partial charge < -0.3 is 14.2 Å². The summed E-state index contributed by atoms with van der Waals surface area (Å²) in [5.41, 5.74) is 0.812. The molecule has 1 aliphatic carbocycles. The number of alkyl carbamates (subject to hydrolysis) is 1. The molecule has 1 aromatic carbocycles. The lowest BCUT2D eigenvalue weighted by atomic mass is 9.95. The molecular formula is C26H23ClN2O5. The maximum absolute atomic E-state index is 12.3. The van der Waals surface area contributed by atoms with E-state index in [0.717, 1.165) is 24.0 Å². The topological polar surface area (TPSA) is 86.8 Å². The summed E-state index contributed by atoms with van der Waals surface area (Å²) in [7, 11) is 0. The Morgan fingerprint density at radius 2 is 2.12 bits per heavy atom. The number of hydrogen-bond donors (Lipinski definition) is 1. The number of imide groups is 1. The number of aryl methyl sites for hydroxylation is 1. The van der Waals surface area contributed by atoms with Crippen LogP contribution < -0.4 is 14.8 Å². The molecule has 1 aliphatic heterocycles. The molecule has 0 spiro atoms. The molecule has 1 aromatic heterocycles. The van der Waals surface area contributed by atoms with Crippen molar-refractivity contribution < 1.29 is 23.8 Å². The normalized spacial score (nSPS) is 21.4. The first-order valence-corrected chi connectivity index (χ1v) is 11.2. The van der Waals surface area contributed by atoms with Gasteiger partial charge in [0.05, 0.1) is 5.02 Å². The van der Waals surface area contributed by atoms with Gasteiger partial charge in [-0.15, -0.1) is 0 Å². The van der Waals surface area contributed by atoms with Crippen molar-refractivity contribution in [2.24, 2.45) is 0 Å². The lowest BCUT2D eigenvalue weighted by molar-refractivity contribution is -0.130. The van der Waals surface area contributed by atoms with Crippen LogP contribution >= 0.6 is 11.6 Å². The minimum Gasteiger partial charge on any atom is -0.457 e. The highest BCUT2D eigenvalue weighted by molar-refractivity contribution is 6.30. The van der Waals surface area contributed by atoms with Crippen molar-refractivity contribution in [3.05, 3.63) is 76.2 Å². The van der Waals surface area contributed by atoms with Crippen molar-refractivity contribution >= 4 is 23.6 Å². The second kappa shape index (κ2) is 9.62. The molecule has 1 saturated heterocycles. The number of cyclic esters (lactones) is 1. The number of hydrogen-bond acceptors (Lipinski definition) is 6. The third-order valence-corrected chi connectivity index (χ3v) is 5.62. The van der Waals surface area contributed by atoms with Gasteiger partial charge in [0.15, 0.2) is 6.10 Å². The minimum absolute atomic E-state index is 0.463. The van der Waals surface area contributed by atoms with E-state index in [0.29, 0.717) is 28.0 Å². The Morgan fingerprint density at radius 1 is 1.29 bits per heavy atom. The number of nitrogens with zero attached hydrogens (tertiary/aromatic N) is 1. The molecule has 34 heavy (non-hydrogen) atoms. The van der Waals surface area contributed by atoms with Crippen molar-refractivity contribution in [1.82, 2.24) is 10.3 Å². The molecular weight excluding hydrogens is 456 g/mol. The van der Waals surface area contributed by atoms with Crippen LogP contribution in [0.1, 0.15) is 37.8 Å². The van der Waals surface area contributed by atoms with Gasteiger partial charge in [-0.05, 0) is 56.0 Å². The smallest absolute Gasteiger partial charge is 0.415 e. The van der Waals surface area contributed by atoms with Crippen molar-refractivity contribution in [3.8, 4) is 23.5 Å². The van der Waals surface area contributed by atoms with Gasteiger partial charge >= 0.3 is 6.09 Å². The van der Waals surface area contributed by atoms with E-state index in [2.05, 4.69) is 29.1 Å². The largest absolute Gasteiger partial charge is 0.457 e. The average molecular weight is 479 g/mol. The number of nitrogens with one attached hydrogen (secondary N) is 1. The van der Waals surface area contributed by atoms with Crippen LogP contribution in [0, 0.1) is 18.8 Å². The summed E-state index contributed by atoms with van der Waals surface area (Å²) in [6.45, 7) is 5.48. The quantitative estimate of drug-likeness (QED) is 0.565. The van der Waals surface area contributed by atoms with E-state index < -0.39 is 23.7 Å². The Hall–Kier alpha value is -3.76. The van der Waals surface area contributed by atoms with Gasteiger partial charge in [-0.25, -0.2) is 9.78 Å². The Labute approximate surface area is 202 Å². The van der Waals surface area contributed by atoms with E-state index in [9.17, 15) is 9.59 Å². The number of carbonyl (C=O) groups excluding carboxylic acids is 2. The lowest BCUT2D eigenvalue weighted by Gasteiger charge is -2.21. The summed E-state index contributed by atoms with van der Waals surface area (Å²) in [6.07, 6.45) is 5.48. The highest BCUT2D eigenvalue weighted by Gasteiger charge is 2.46. The summed E-state index contributed by atoms with van der Waals surface area (Å²) in [5.74, 6) is 7.06. The Kier molecular flexibility index (Phi) is 6.62. The number of benzene rings is 1. The van der Waals surface area contributed by atoms with Crippen molar-refractivity contribution in [1.29, 1.82) is 0 Å². The van der Waals surface area contributed by atoms with E-state index in [-0.39, 0.29) is 0 Å². The van der Waals surface area contributed by atoms with Crippen LogP contribution in [0.25, 0.3) is 0 Å². The summed E-state index contributed by atoms with van der Waals surface area (Å²) in [5, 5.41) is 2.70. The zero-order valence-electron chi connectivity index (χ0n) is 19.0. The SMILES string of the molecule is CCCC1=CC(Oc2ncc(Cl)cc2C)C#CC=C1Oc1cccc([C@@]2(C)OC(=O)NC2=O)c1. The molecule has 2 aromatic rings. The maximum atomic E-state index is 12.3. The lowest BCUT2D eigenvalue weighted by Crippen LogP contribution is -2.33. The average Bonchev–Trinajstić information content (AvgIpc) is 2.94. The van der Waals surface area contributed by atoms with Crippen LogP contribution in [-0.4, -0.2) is 23.1 Å². The molecule has 0 saturated carbocycles. The summed E-state index contributed by atoms with van der Waals surface area (Å²) in [4.78, 5) is 28.1. The number of pyridine rings is 1. The first-order valence-electron chi connectivity index (χ1n) is 10.8. The highest BCUT2D eigenvalue weighted by Crippen LogP contribution is 2.33. The number of allylic oxidation sites excluding steroid dienone is 2. The number of halogens is 1. The van der Waals surface area contributed by atoms with Crippen LogP contribution in [0.15, 0.2) is 60.0 Å². The second-order valence-corrected chi connectivity index (χ2v) is 8.50. The molecule has 174 valence electrons. The molecule has 2 atom stereocenters. The molecule has 0 radical (unpaired) electrons. The Balaban J connectivity index is 1.57. The van der Waals surface area contributed by atoms with Crippen LogP contribution in [0.3, 0.4) is 0 Å². The first-order chi connectivity index (χ1) is 16.3. The van der Waals surface area contributed by atoms with Crippen LogP contribution in [0.2, 0.25) is 5.02 Å². The predicted molar refractivity (Wildman–Crippen MR) is 126 cm³/mol. The predicted octanol–water partition coefficient (Wildman–Crippen LogP) is 4.98. The van der Waals surface area contributed by atoms with Gasteiger partial charge in [-0.1, -0.05) is 43.0 Å². The maximum Gasteiger partial charge on any atom is 0.415 e. The van der Waals surface area contributed by atoms with Crippen LogP contribution in [0.5, 0.6) is 11.6 Å². The molecule has 1 fully saturated rings. The molecule has 0 bridgehead atoms. The van der Waals surface area contributed by atoms with Crippen LogP contribution in [0.4, 0.5) is 4.79 Å². The van der Waals surface area contributed by atoms with Gasteiger partial charge in [0.25, 0.3) is 5.91 Å². The number of amides is 2. The standard InChI is InChI=1S/C26H23ClN2O5/c1-4-7-17-13-20(33-23-16(2)12-19(27)15-28-23)10-6-11-22(17)32-21-9-5-8-18(14-21)26(3)24(30)29-25(31)34-26/h5,8-9,11-15,20H,4,7H2,1-3H3,(H,29,30,31)/t20?,26-/m1/s1. The van der Waals surface area contributed by atoms with E-state index in [1.54, 1.807) is 43.3 Å². The van der Waals surface area contributed by atoms with Gasteiger partial charge in [0.2, 0.25) is 11.5 Å². The molecule has 2 aliphatic rings. The monoisotopic (exact) mass is 478 g/mol. The highest BCUT2D eigenvalue weighted by atomic mass is 35.5. The van der Waals surface area contributed by atoms with Gasteiger partial charge in [-0.2, -0.15) is 0 Å². The third-order valence-electron chi connectivity index (χ3n) is 5.41. The van der Waals surface area contributed by atoms with Gasteiger partial charge in [-0.3, -0.25) is 10.1 Å². The number of carbonyl (C=O) groups is 2. The van der Waals surface area contributed by atoms with Crippen molar-refractivity contribution in [3.63, 3.8) is 0 Å². The third kappa shape index (κ3) is 4.92.